The van der Waals surface area contributed by atoms with Crippen LogP contribution in [-0.2, 0) is 15.9 Å². The van der Waals surface area contributed by atoms with Crippen LogP contribution in [0, 0.1) is 6.92 Å². The van der Waals surface area contributed by atoms with E-state index < -0.39 is 0 Å². The molecule has 0 spiro atoms. The number of benzene rings is 1. The van der Waals surface area contributed by atoms with Crippen LogP contribution < -0.4 is 10.6 Å². The number of nitrogens with two attached hydrogens (primary N) is 1. The first-order valence-corrected chi connectivity index (χ1v) is 7.70. The molecule has 0 aliphatic carbocycles. The van der Waals surface area contributed by atoms with Gasteiger partial charge in [0.15, 0.2) is 0 Å². The quantitative estimate of drug-likeness (QED) is 0.720. The van der Waals surface area contributed by atoms with Gasteiger partial charge in [0.25, 0.3) is 0 Å². The average Bonchev–Trinajstić information content (AvgIpc) is 2.48. The molecule has 1 atom stereocenters. The molecule has 21 heavy (non-hydrogen) atoms. The predicted octanol–water partition coefficient (Wildman–Crippen LogP) is 2.37. The molecule has 120 valence electrons. The highest BCUT2D eigenvalue weighted by Crippen LogP contribution is 2.22. The number of anilines is 1. The topological polar surface area (TPSA) is 47.7 Å². The fourth-order valence-corrected chi connectivity index (χ4v) is 2.40. The lowest BCUT2D eigenvalue weighted by molar-refractivity contribution is 0.190. The molecule has 4 nitrogen and oxygen atoms in total. The Kier molecular flexibility index (Phi) is 8.35. The molecule has 0 aliphatic heterocycles. The number of ether oxygens (including phenoxy) is 2. The van der Waals surface area contributed by atoms with E-state index in [4.69, 9.17) is 15.2 Å². The van der Waals surface area contributed by atoms with Crippen LogP contribution in [0.1, 0.15) is 24.5 Å². The van der Waals surface area contributed by atoms with Crippen LogP contribution >= 0.6 is 0 Å². The molecule has 0 aliphatic rings. The summed E-state index contributed by atoms with van der Waals surface area (Å²) in [7, 11) is 3.47. The molecule has 1 aromatic carbocycles. The Morgan fingerprint density at radius 2 is 1.76 bits per heavy atom. The average molecular weight is 294 g/mol. The normalized spacial score (nSPS) is 12.4. The molecule has 1 unspecified atom stereocenters. The number of hydrogen-bond acceptors (Lipinski definition) is 4. The summed E-state index contributed by atoms with van der Waals surface area (Å²) < 4.78 is 10.4. The molecule has 1 aromatic rings. The van der Waals surface area contributed by atoms with Gasteiger partial charge < -0.3 is 20.1 Å². The van der Waals surface area contributed by atoms with Crippen molar-refractivity contribution in [3.05, 3.63) is 29.3 Å². The largest absolute Gasteiger partial charge is 0.383 e. The van der Waals surface area contributed by atoms with Gasteiger partial charge >= 0.3 is 0 Å². The zero-order valence-electron chi connectivity index (χ0n) is 13.9. The molecular weight excluding hydrogens is 264 g/mol. The summed E-state index contributed by atoms with van der Waals surface area (Å²) >= 11 is 0. The molecule has 0 saturated heterocycles. The van der Waals surface area contributed by atoms with E-state index in [1.165, 1.54) is 16.8 Å². The Morgan fingerprint density at radius 3 is 2.24 bits per heavy atom. The smallest absolute Gasteiger partial charge is 0.0637 e. The first-order chi connectivity index (χ1) is 10.1. The Balaban J connectivity index is 2.82. The van der Waals surface area contributed by atoms with Gasteiger partial charge in [-0.15, -0.1) is 0 Å². The maximum absolute atomic E-state index is 6.04. The van der Waals surface area contributed by atoms with Crippen molar-refractivity contribution in [2.24, 2.45) is 5.73 Å². The second-order valence-corrected chi connectivity index (χ2v) is 5.47. The van der Waals surface area contributed by atoms with Crippen LogP contribution in [0.4, 0.5) is 5.69 Å². The third kappa shape index (κ3) is 6.04. The fraction of sp³-hybridized carbons (Fsp3) is 0.647. The Morgan fingerprint density at radius 1 is 1.14 bits per heavy atom. The number of nitrogens with zero attached hydrogens (tertiary/aromatic N) is 1. The summed E-state index contributed by atoms with van der Waals surface area (Å²) in [5.74, 6) is 0. The third-order valence-electron chi connectivity index (χ3n) is 3.75. The Hall–Kier alpha value is -1.10. The predicted molar refractivity (Wildman–Crippen MR) is 89.1 cm³/mol. The van der Waals surface area contributed by atoms with Gasteiger partial charge in [-0.05, 0) is 37.0 Å². The summed E-state index contributed by atoms with van der Waals surface area (Å²) in [4.78, 5) is 2.31. The van der Waals surface area contributed by atoms with Gasteiger partial charge in [0.2, 0.25) is 0 Å². The fourth-order valence-electron chi connectivity index (χ4n) is 2.40. The molecule has 0 fully saturated rings. The van der Waals surface area contributed by atoms with E-state index in [1.54, 1.807) is 14.2 Å². The van der Waals surface area contributed by atoms with Gasteiger partial charge in [-0.25, -0.2) is 0 Å². The minimum Gasteiger partial charge on any atom is -0.383 e. The second-order valence-electron chi connectivity index (χ2n) is 5.47. The molecule has 0 bridgehead atoms. The minimum absolute atomic E-state index is 0.244. The lowest BCUT2D eigenvalue weighted by Gasteiger charge is -2.26. The van der Waals surface area contributed by atoms with Crippen LogP contribution in [0.25, 0.3) is 0 Å². The van der Waals surface area contributed by atoms with E-state index in [2.05, 4.69) is 36.9 Å². The summed E-state index contributed by atoms with van der Waals surface area (Å²) in [6, 6.07) is 6.87. The summed E-state index contributed by atoms with van der Waals surface area (Å²) in [5, 5.41) is 0. The van der Waals surface area contributed by atoms with E-state index >= 15 is 0 Å². The molecule has 0 amide bonds. The van der Waals surface area contributed by atoms with Crippen LogP contribution in [-0.4, -0.2) is 46.6 Å². The number of hydrogen-bond donors (Lipinski definition) is 1. The second kappa shape index (κ2) is 9.77. The van der Waals surface area contributed by atoms with Crippen molar-refractivity contribution < 1.29 is 9.47 Å². The van der Waals surface area contributed by atoms with Crippen molar-refractivity contribution >= 4 is 5.69 Å². The molecule has 0 aromatic heterocycles. The highest BCUT2D eigenvalue weighted by atomic mass is 16.5. The summed E-state index contributed by atoms with van der Waals surface area (Å²) in [6.45, 7) is 7.45. The third-order valence-corrected chi connectivity index (χ3v) is 3.75. The van der Waals surface area contributed by atoms with Crippen LogP contribution in [0.5, 0.6) is 0 Å². The minimum atomic E-state index is 0.244. The van der Waals surface area contributed by atoms with Gasteiger partial charge in [0, 0.05) is 39.0 Å². The highest BCUT2D eigenvalue weighted by Gasteiger charge is 2.10. The highest BCUT2D eigenvalue weighted by molar-refractivity contribution is 5.54. The van der Waals surface area contributed by atoms with E-state index in [0.717, 1.165) is 25.9 Å². The molecular formula is C17H30N2O2. The zero-order chi connectivity index (χ0) is 15.7. The molecule has 0 saturated carbocycles. The molecule has 2 N–H and O–H groups in total. The maximum atomic E-state index is 6.04. The van der Waals surface area contributed by atoms with Crippen molar-refractivity contribution in [3.8, 4) is 0 Å². The zero-order valence-corrected chi connectivity index (χ0v) is 13.9. The van der Waals surface area contributed by atoms with Crippen molar-refractivity contribution in [1.29, 1.82) is 0 Å². The van der Waals surface area contributed by atoms with E-state index in [9.17, 15) is 0 Å². The monoisotopic (exact) mass is 294 g/mol. The van der Waals surface area contributed by atoms with Gasteiger partial charge in [-0.3, -0.25) is 0 Å². The lowest BCUT2D eigenvalue weighted by atomic mass is 10.0. The van der Waals surface area contributed by atoms with E-state index in [1.807, 2.05) is 0 Å². The van der Waals surface area contributed by atoms with Crippen LogP contribution in [0.2, 0.25) is 0 Å². The lowest BCUT2D eigenvalue weighted by Crippen LogP contribution is -2.31. The molecule has 0 radical (unpaired) electrons. The summed E-state index contributed by atoms with van der Waals surface area (Å²) in [5.41, 5.74) is 9.88. The standard InChI is InChI=1S/C17H30N2O2/c1-5-16(18)13-15-6-7-17(14(2)12-15)19(8-10-20-3)9-11-21-4/h6-7,12,16H,5,8-11,13,18H2,1-4H3. The van der Waals surface area contributed by atoms with Crippen molar-refractivity contribution in [3.63, 3.8) is 0 Å². The maximum Gasteiger partial charge on any atom is 0.0637 e. The van der Waals surface area contributed by atoms with Crippen LogP contribution in [0.3, 0.4) is 0 Å². The first-order valence-electron chi connectivity index (χ1n) is 7.70. The van der Waals surface area contributed by atoms with Gasteiger partial charge in [0.1, 0.15) is 0 Å². The molecule has 0 heterocycles. The van der Waals surface area contributed by atoms with Gasteiger partial charge in [-0.1, -0.05) is 19.1 Å². The van der Waals surface area contributed by atoms with Crippen molar-refractivity contribution in [2.75, 3.05) is 45.4 Å². The summed E-state index contributed by atoms with van der Waals surface area (Å²) in [6.07, 6.45) is 1.95. The van der Waals surface area contributed by atoms with Gasteiger partial charge in [0.05, 0.1) is 13.2 Å². The van der Waals surface area contributed by atoms with E-state index in [0.29, 0.717) is 13.2 Å². The van der Waals surface area contributed by atoms with Gasteiger partial charge in [-0.2, -0.15) is 0 Å². The SMILES string of the molecule is CCC(N)Cc1ccc(N(CCOC)CCOC)c(C)c1. The van der Waals surface area contributed by atoms with E-state index in [-0.39, 0.29) is 6.04 Å². The Bertz CT molecular complexity index is 402. The van der Waals surface area contributed by atoms with Crippen molar-refractivity contribution in [1.82, 2.24) is 0 Å². The number of aryl methyl sites for hydroxylation is 1. The van der Waals surface area contributed by atoms with Crippen molar-refractivity contribution in [2.45, 2.75) is 32.7 Å². The molecule has 4 heteroatoms. The van der Waals surface area contributed by atoms with Crippen LogP contribution in [0.15, 0.2) is 18.2 Å². The first kappa shape index (κ1) is 18.0. The molecule has 1 rings (SSSR count). The number of methoxy groups -OCH3 is 2. The Labute approximate surface area is 129 Å². The number of rotatable bonds is 10.